The van der Waals surface area contributed by atoms with Crippen molar-refractivity contribution in [2.24, 2.45) is 5.92 Å². The van der Waals surface area contributed by atoms with Gasteiger partial charge >= 0.3 is 0 Å². The Morgan fingerprint density at radius 1 is 1.35 bits per heavy atom. The third-order valence-corrected chi connectivity index (χ3v) is 5.56. The van der Waals surface area contributed by atoms with E-state index >= 15 is 0 Å². The van der Waals surface area contributed by atoms with E-state index in [1.807, 2.05) is 42.2 Å². The fraction of sp³-hybridized carbons (Fsp3) is 0.474. The topological polar surface area (TPSA) is 64.8 Å². The van der Waals surface area contributed by atoms with Crippen LogP contribution in [-0.4, -0.2) is 55.1 Å². The molecule has 26 heavy (non-hydrogen) atoms. The monoisotopic (exact) mass is 376 g/mol. The summed E-state index contributed by atoms with van der Waals surface area (Å²) in [4.78, 5) is 15.5. The molecule has 2 atom stereocenters. The van der Waals surface area contributed by atoms with Gasteiger partial charge in [0, 0.05) is 43.5 Å². The first-order chi connectivity index (χ1) is 12.6. The first-order valence-corrected chi connectivity index (χ1v) is 9.57. The van der Waals surface area contributed by atoms with Gasteiger partial charge in [0.05, 0.1) is 24.7 Å². The Labute approximate surface area is 157 Å². The molecule has 1 aliphatic rings. The van der Waals surface area contributed by atoms with Crippen molar-refractivity contribution < 1.29 is 18.8 Å². The maximum atomic E-state index is 12.6. The zero-order valence-electron chi connectivity index (χ0n) is 15.3. The van der Waals surface area contributed by atoms with Crippen LogP contribution in [0.5, 0.6) is 5.75 Å². The molecule has 0 spiro atoms. The van der Waals surface area contributed by atoms with Crippen molar-refractivity contribution in [3.8, 4) is 5.75 Å². The molecule has 1 saturated heterocycles. The molecule has 1 fully saturated rings. The van der Waals surface area contributed by atoms with Crippen molar-refractivity contribution in [3.63, 3.8) is 0 Å². The summed E-state index contributed by atoms with van der Waals surface area (Å²) in [7, 11) is 3.34. The molecule has 0 unspecified atom stereocenters. The molecule has 140 valence electrons. The summed E-state index contributed by atoms with van der Waals surface area (Å²) in [5, 5.41) is 3.93. The van der Waals surface area contributed by atoms with Crippen molar-refractivity contribution in [2.75, 3.05) is 33.1 Å². The maximum Gasteiger partial charge on any atom is 0.233 e. The Balaban J connectivity index is 1.55. The largest absolute Gasteiger partial charge is 0.497 e. The fourth-order valence-electron chi connectivity index (χ4n) is 3.21. The van der Waals surface area contributed by atoms with Crippen LogP contribution >= 0.6 is 11.8 Å². The highest BCUT2D eigenvalue weighted by atomic mass is 32.2. The van der Waals surface area contributed by atoms with E-state index in [1.165, 1.54) is 11.8 Å². The second-order valence-corrected chi connectivity index (χ2v) is 7.49. The van der Waals surface area contributed by atoms with E-state index in [2.05, 4.69) is 5.16 Å². The summed E-state index contributed by atoms with van der Waals surface area (Å²) in [5.41, 5.74) is 0.870. The minimum absolute atomic E-state index is 0.0196. The lowest BCUT2D eigenvalue weighted by Gasteiger charge is -2.15. The molecule has 1 aromatic heterocycles. The number of hydrogen-bond acceptors (Lipinski definition) is 6. The Bertz CT molecular complexity index is 749. The van der Waals surface area contributed by atoms with Crippen LogP contribution in [0.3, 0.4) is 0 Å². The van der Waals surface area contributed by atoms with Crippen LogP contribution in [-0.2, 0) is 16.0 Å². The third kappa shape index (κ3) is 4.59. The highest BCUT2D eigenvalue weighted by Crippen LogP contribution is 2.27. The molecule has 2 aromatic rings. The standard InChI is InChI=1S/C19H24N2O4S/c1-13-7-16(25-20-13)8-14-10-21(11-18(14)24-3)19(22)12-26-17-6-4-5-15(9-17)23-2/h4-7,9,14,18H,8,10-12H2,1-3H3/t14-,18+/m1/s1. The molecule has 0 bridgehead atoms. The van der Waals surface area contributed by atoms with Crippen LogP contribution in [0.2, 0.25) is 0 Å². The predicted octanol–water partition coefficient (Wildman–Crippen LogP) is 2.80. The lowest BCUT2D eigenvalue weighted by Crippen LogP contribution is -2.31. The number of nitrogens with zero attached hydrogens (tertiary/aromatic N) is 2. The number of methoxy groups -OCH3 is 2. The molecule has 0 N–H and O–H groups in total. The minimum atomic E-state index is 0.0196. The normalized spacial score (nSPS) is 19.7. The summed E-state index contributed by atoms with van der Waals surface area (Å²) < 4.78 is 16.1. The zero-order chi connectivity index (χ0) is 18.5. The van der Waals surface area contributed by atoms with Gasteiger partial charge in [-0.2, -0.15) is 0 Å². The Hall–Kier alpha value is -1.99. The lowest BCUT2D eigenvalue weighted by molar-refractivity contribution is -0.127. The number of carbonyl (C=O) groups is 1. The number of aryl methyl sites for hydroxylation is 1. The number of aromatic nitrogens is 1. The first kappa shape index (κ1) is 18.8. The van der Waals surface area contributed by atoms with Crippen molar-refractivity contribution >= 4 is 17.7 Å². The molecule has 0 saturated carbocycles. The maximum absolute atomic E-state index is 12.6. The van der Waals surface area contributed by atoms with Crippen LogP contribution in [0, 0.1) is 12.8 Å². The molecule has 0 radical (unpaired) electrons. The molecule has 7 heteroatoms. The summed E-state index contributed by atoms with van der Waals surface area (Å²) in [5.74, 6) is 2.38. The summed E-state index contributed by atoms with van der Waals surface area (Å²) in [6, 6.07) is 9.69. The van der Waals surface area contributed by atoms with E-state index in [0.717, 1.165) is 28.5 Å². The molecular weight excluding hydrogens is 352 g/mol. The first-order valence-electron chi connectivity index (χ1n) is 8.58. The third-order valence-electron chi connectivity index (χ3n) is 4.58. The number of rotatable bonds is 7. The minimum Gasteiger partial charge on any atom is -0.497 e. The fourth-order valence-corrected chi connectivity index (χ4v) is 4.05. The number of benzene rings is 1. The lowest BCUT2D eigenvalue weighted by atomic mass is 10.0. The molecular formula is C19H24N2O4S. The number of likely N-dealkylation sites (tertiary alicyclic amines) is 1. The van der Waals surface area contributed by atoms with Crippen LogP contribution in [0.1, 0.15) is 11.5 Å². The van der Waals surface area contributed by atoms with Crippen LogP contribution in [0.25, 0.3) is 0 Å². The van der Waals surface area contributed by atoms with E-state index < -0.39 is 0 Å². The van der Waals surface area contributed by atoms with Crippen LogP contribution in [0.15, 0.2) is 39.8 Å². The summed E-state index contributed by atoms with van der Waals surface area (Å²) in [6.07, 6.45) is 0.748. The van der Waals surface area contributed by atoms with E-state index in [0.29, 0.717) is 18.8 Å². The Morgan fingerprint density at radius 2 is 2.19 bits per heavy atom. The summed E-state index contributed by atoms with van der Waals surface area (Å²) >= 11 is 1.52. The van der Waals surface area contributed by atoms with Gasteiger partial charge in [0.25, 0.3) is 0 Å². The highest BCUT2D eigenvalue weighted by molar-refractivity contribution is 8.00. The average molecular weight is 376 g/mol. The van der Waals surface area contributed by atoms with Gasteiger partial charge in [-0.15, -0.1) is 11.8 Å². The molecule has 1 aromatic carbocycles. The molecule has 1 amide bonds. The number of carbonyl (C=O) groups excluding carboxylic acids is 1. The van der Waals surface area contributed by atoms with Crippen molar-refractivity contribution in [1.82, 2.24) is 10.1 Å². The van der Waals surface area contributed by atoms with E-state index in [9.17, 15) is 4.79 Å². The second kappa shape index (κ2) is 8.60. The molecule has 3 rings (SSSR count). The van der Waals surface area contributed by atoms with Crippen LogP contribution in [0.4, 0.5) is 0 Å². The van der Waals surface area contributed by atoms with Gasteiger partial charge in [0.2, 0.25) is 5.91 Å². The van der Waals surface area contributed by atoms with Crippen LogP contribution < -0.4 is 4.74 Å². The van der Waals surface area contributed by atoms with Crippen molar-refractivity contribution in [3.05, 3.63) is 41.8 Å². The number of hydrogen-bond donors (Lipinski definition) is 0. The Morgan fingerprint density at radius 3 is 2.88 bits per heavy atom. The Kier molecular flexibility index (Phi) is 6.21. The van der Waals surface area contributed by atoms with Gasteiger partial charge in [0.15, 0.2) is 0 Å². The van der Waals surface area contributed by atoms with Crippen molar-refractivity contribution in [1.29, 1.82) is 0 Å². The van der Waals surface area contributed by atoms with Gasteiger partial charge in [0.1, 0.15) is 11.5 Å². The number of ether oxygens (including phenoxy) is 2. The predicted molar refractivity (Wildman–Crippen MR) is 99.5 cm³/mol. The van der Waals surface area contributed by atoms with Crippen molar-refractivity contribution in [2.45, 2.75) is 24.3 Å². The van der Waals surface area contributed by atoms with E-state index in [-0.39, 0.29) is 17.9 Å². The number of thioether (sulfide) groups is 1. The number of amides is 1. The summed E-state index contributed by atoms with van der Waals surface area (Å²) in [6.45, 7) is 3.20. The molecule has 0 aliphatic carbocycles. The van der Waals surface area contributed by atoms with Gasteiger partial charge in [-0.25, -0.2) is 0 Å². The quantitative estimate of drug-likeness (QED) is 0.693. The second-order valence-electron chi connectivity index (χ2n) is 6.44. The van der Waals surface area contributed by atoms with E-state index in [4.69, 9.17) is 14.0 Å². The highest BCUT2D eigenvalue weighted by Gasteiger charge is 2.35. The molecule has 1 aliphatic heterocycles. The molecule has 6 nitrogen and oxygen atoms in total. The van der Waals surface area contributed by atoms with Gasteiger partial charge in [-0.05, 0) is 25.1 Å². The van der Waals surface area contributed by atoms with Gasteiger partial charge < -0.3 is 18.9 Å². The SMILES string of the molecule is COc1cccc(SCC(=O)N2C[C@@H](Cc3cc(C)no3)[C@@H](OC)C2)c1. The van der Waals surface area contributed by atoms with Gasteiger partial charge in [-0.1, -0.05) is 11.2 Å². The molecule has 2 heterocycles. The van der Waals surface area contributed by atoms with Gasteiger partial charge in [-0.3, -0.25) is 4.79 Å². The zero-order valence-corrected chi connectivity index (χ0v) is 16.1. The smallest absolute Gasteiger partial charge is 0.233 e. The average Bonchev–Trinajstić information content (AvgIpc) is 3.26. The van der Waals surface area contributed by atoms with E-state index in [1.54, 1.807) is 14.2 Å².